The van der Waals surface area contributed by atoms with Crippen LogP contribution in [0.4, 0.5) is 4.79 Å². The second-order valence-electron chi connectivity index (χ2n) is 4.02. The summed E-state index contributed by atoms with van der Waals surface area (Å²) in [6.45, 7) is 0.165. The number of esters is 1. The van der Waals surface area contributed by atoms with Crippen LogP contribution in [0.1, 0.15) is 5.56 Å². The van der Waals surface area contributed by atoms with Crippen molar-refractivity contribution in [2.75, 3.05) is 13.7 Å². The van der Waals surface area contributed by atoms with Crippen LogP contribution in [0.5, 0.6) is 0 Å². The Balaban J connectivity index is 2.19. The second kappa shape index (κ2) is 5.67. The fourth-order valence-electron chi connectivity index (χ4n) is 1.86. The van der Waals surface area contributed by atoms with Gasteiger partial charge in [0.2, 0.25) is 0 Å². The molecule has 1 saturated heterocycles. The molecule has 102 valence electrons. The van der Waals surface area contributed by atoms with Crippen LogP contribution in [0.3, 0.4) is 0 Å². The maximum absolute atomic E-state index is 11.6. The third-order valence-electron chi connectivity index (χ3n) is 2.72. The number of hydrogen-bond acceptors (Lipinski definition) is 4. The summed E-state index contributed by atoms with van der Waals surface area (Å²) in [7, 11) is 1.26. The lowest BCUT2D eigenvalue weighted by atomic mass is 10.2. The molecule has 19 heavy (non-hydrogen) atoms. The molecular weight excluding hydrogens is 293 g/mol. The van der Waals surface area contributed by atoms with Gasteiger partial charge in [0.05, 0.1) is 13.7 Å². The average molecular weight is 304 g/mol. The lowest BCUT2D eigenvalue weighted by Gasteiger charge is -2.19. The first-order chi connectivity index (χ1) is 9.01. The van der Waals surface area contributed by atoms with Crippen LogP contribution >= 0.6 is 23.2 Å². The van der Waals surface area contributed by atoms with Crippen molar-refractivity contribution in [3.05, 3.63) is 33.8 Å². The van der Waals surface area contributed by atoms with E-state index in [2.05, 4.69) is 4.74 Å². The van der Waals surface area contributed by atoms with Crippen molar-refractivity contribution < 1.29 is 19.1 Å². The summed E-state index contributed by atoms with van der Waals surface area (Å²) in [5.74, 6) is -0.515. The van der Waals surface area contributed by atoms with Crippen LogP contribution in [-0.2, 0) is 20.8 Å². The Kier molecular flexibility index (Phi) is 4.17. The van der Waals surface area contributed by atoms with Gasteiger partial charge in [0, 0.05) is 10.0 Å². The first-order valence-corrected chi connectivity index (χ1v) is 6.23. The van der Waals surface area contributed by atoms with Gasteiger partial charge in [0.15, 0.2) is 6.04 Å². The Hall–Kier alpha value is -1.46. The molecule has 0 N–H and O–H groups in total. The molecule has 0 aromatic heterocycles. The van der Waals surface area contributed by atoms with E-state index in [0.29, 0.717) is 15.6 Å². The molecule has 1 aromatic carbocycles. The molecule has 1 aliphatic heterocycles. The number of ether oxygens (including phenoxy) is 2. The summed E-state index contributed by atoms with van der Waals surface area (Å²) in [4.78, 5) is 24.4. The number of rotatable bonds is 3. The molecule has 1 fully saturated rings. The summed E-state index contributed by atoms with van der Waals surface area (Å²) < 4.78 is 9.49. The number of benzene rings is 1. The van der Waals surface area contributed by atoms with Crippen molar-refractivity contribution in [2.45, 2.75) is 12.6 Å². The zero-order valence-corrected chi connectivity index (χ0v) is 11.6. The van der Waals surface area contributed by atoms with Gasteiger partial charge in [-0.25, -0.2) is 9.59 Å². The van der Waals surface area contributed by atoms with E-state index in [9.17, 15) is 9.59 Å². The van der Waals surface area contributed by atoms with Crippen molar-refractivity contribution in [3.8, 4) is 0 Å². The molecule has 0 bridgehead atoms. The number of methoxy groups -OCH3 is 1. The number of carbonyl (C=O) groups is 2. The average Bonchev–Trinajstić information content (AvgIpc) is 2.69. The molecule has 1 unspecified atom stereocenters. The number of carbonyl (C=O) groups excluding carboxylic acids is 2. The van der Waals surface area contributed by atoms with E-state index in [1.54, 1.807) is 18.2 Å². The summed E-state index contributed by atoms with van der Waals surface area (Å²) in [5.41, 5.74) is 0.713. The highest BCUT2D eigenvalue weighted by Crippen LogP contribution is 2.23. The van der Waals surface area contributed by atoms with Gasteiger partial charge in [-0.2, -0.15) is 0 Å². The molecule has 1 aliphatic rings. The van der Waals surface area contributed by atoms with E-state index in [0.717, 1.165) is 0 Å². The molecule has 0 spiro atoms. The molecule has 1 amide bonds. The zero-order valence-electron chi connectivity index (χ0n) is 10.1. The topological polar surface area (TPSA) is 55.8 Å². The number of cyclic esters (lactones) is 1. The molecule has 2 rings (SSSR count). The van der Waals surface area contributed by atoms with E-state index in [-0.39, 0.29) is 13.2 Å². The number of halogens is 2. The van der Waals surface area contributed by atoms with Crippen molar-refractivity contribution in [3.63, 3.8) is 0 Å². The van der Waals surface area contributed by atoms with E-state index in [4.69, 9.17) is 27.9 Å². The van der Waals surface area contributed by atoms with Gasteiger partial charge in [-0.3, -0.25) is 4.90 Å². The number of amides is 1. The standard InChI is InChI=1S/C12H11Cl2NO4/c1-18-11(16)10-6-19-12(17)15(10)5-7-2-8(13)4-9(14)3-7/h2-4,10H,5-6H2,1H3. The number of hydrogen-bond donors (Lipinski definition) is 0. The first-order valence-electron chi connectivity index (χ1n) is 5.47. The maximum atomic E-state index is 11.6. The van der Waals surface area contributed by atoms with Gasteiger partial charge in [0.25, 0.3) is 0 Å². The van der Waals surface area contributed by atoms with Gasteiger partial charge >= 0.3 is 12.1 Å². The smallest absolute Gasteiger partial charge is 0.411 e. The second-order valence-corrected chi connectivity index (χ2v) is 4.89. The summed E-state index contributed by atoms with van der Waals surface area (Å²) in [5, 5.41) is 0.925. The van der Waals surface area contributed by atoms with Gasteiger partial charge in [-0.15, -0.1) is 0 Å². The van der Waals surface area contributed by atoms with E-state index < -0.39 is 18.1 Å². The molecule has 0 radical (unpaired) electrons. The van der Waals surface area contributed by atoms with Crippen molar-refractivity contribution >= 4 is 35.3 Å². The molecular formula is C12H11Cl2NO4. The first kappa shape index (κ1) is 14.0. The summed E-state index contributed by atoms with van der Waals surface area (Å²) in [6.07, 6.45) is -0.563. The largest absolute Gasteiger partial charge is 0.467 e. The van der Waals surface area contributed by atoms with Gasteiger partial charge in [-0.05, 0) is 23.8 Å². The minimum atomic E-state index is -0.741. The molecule has 5 nitrogen and oxygen atoms in total. The normalized spacial score (nSPS) is 18.4. The summed E-state index contributed by atoms with van der Waals surface area (Å²) >= 11 is 11.8. The quantitative estimate of drug-likeness (QED) is 0.805. The maximum Gasteiger partial charge on any atom is 0.411 e. The van der Waals surface area contributed by atoms with Crippen molar-refractivity contribution in [2.24, 2.45) is 0 Å². The van der Waals surface area contributed by atoms with Crippen LogP contribution in [0.2, 0.25) is 10.0 Å². The lowest BCUT2D eigenvalue weighted by molar-refractivity contribution is -0.145. The predicted octanol–water partition coefficient (Wildman–Crippen LogP) is 2.49. The lowest BCUT2D eigenvalue weighted by Crippen LogP contribution is -2.39. The SMILES string of the molecule is COC(=O)C1COC(=O)N1Cc1cc(Cl)cc(Cl)c1. The Labute approximate surface area is 120 Å². The van der Waals surface area contributed by atoms with Gasteiger partial charge in [-0.1, -0.05) is 23.2 Å². The fourth-order valence-corrected chi connectivity index (χ4v) is 2.43. The van der Waals surface area contributed by atoms with Crippen LogP contribution in [0.25, 0.3) is 0 Å². The van der Waals surface area contributed by atoms with Crippen LogP contribution in [0.15, 0.2) is 18.2 Å². The van der Waals surface area contributed by atoms with Crippen LogP contribution < -0.4 is 0 Å². The fraction of sp³-hybridized carbons (Fsp3) is 0.333. The third-order valence-corrected chi connectivity index (χ3v) is 3.16. The van der Waals surface area contributed by atoms with Gasteiger partial charge < -0.3 is 9.47 Å². The minimum absolute atomic E-state index is 0.0141. The van der Waals surface area contributed by atoms with Crippen LogP contribution in [0, 0.1) is 0 Å². The van der Waals surface area contributed by atoms with E-state index >= 15 is 0 Å². The molecule has 7 heteroatoms. The highest BCUT2D eigenvalue weighted by atomic mass is 35.5. The minimum Gasteiger partial charge on any atom is -0.467 e. The molecule has 1 heterocycles. The van der Waals surface area contributed by atoms with Crippen molar-refractivity contribution in [1.29, 1.82) is 0 Å². The monoisotopic (exact) mass is 303 g/mol. The predicted molar refractivity (Wildman–Crippen MR) is 69.2 cm³/mol. The molecule has 1 atom stereocenters. The van der Waals surface area contributed by atoms with Gasteiger partial charge in [0.1, 0.15) is 6.61 Å². The Morgan fingerprint density at radius 3 is 2.63 bits per heavy atom. The van der Waals surface area contributed by atoms with E-state index in [1.807, 2.05) is 0 Å². The number of nitrogens with zero attached hydrogens (tertiary/aromatic N) is 1. The summed E-state index contributed by atoms with van der Waals surface area (Å²) in [6, 6.07) is 4.20. The zero-order chi connectivity index (χ0) is 14.0. The Morgan fingerprint density at radius 1 is 1.42 bits per heavy atom. The highest BCUT2D eigenvalue weighted by Gasteiger charge is 2.38. The Morgan fingerprint density at radius 2 is 2.05 bits per heavy atom. The van der Waals surface area contributed by atoms with E-state index in [1.165, 1.54) is 12.0 Å². The van der Waals surface area contributed by atoms with Crippen molar-refractivity contribution in [1.82, 2.24) is 4.90 Å². The Bertz CT molecular complexity index is 500. The highest BCUT2D eigenvalue weighted by molar-refractivity contribution is 6.34. The van der Waals surface area contributed by atoms with Crippen LogP contribution in [-0.4, -0.2) is 36.7 Å². The third kappa shape index (κ3) is 3.11. The molecule has 1 aromatic rings. The molecule has 0 aliphatic carbocycles. The molecule has 0 saturated carbocycles.